The van der Waals surface area contributed by atoms with E-state index in [0.29, 0.717) is 29.9 Å². The average Bonchev–Trinajstić information content (AvgIpc) is 2.77. The lowest BCUT2D eigenvalue weighted by Crippen LogP contribution is -2.26. The van der Waals surface area contributed by atoms with Gasteiger partial charge >= 0.3 is 0 Å². The minimum atomic E-state index is -3.10. The summed E-state index contributed by atoms with van der Waals surface area (Å²) in [7, 11) is -3.10. The Labute approximate surface area is 192 Å². The first-order valence-electron chi connectivity index (χ1n) is 9.96. The molecule has 4 rings (SSSR count). The first kappa shape index (κ1) is 22.0. The van der Waals surface area contributed by atoms with Gasteiger partial charge < -0.3 is 9.64 Å². The lowest BCUT2D eigenvalue weighted by atomic mass is 10.1. The molecule has 0 fully saturated rings. The number of halogens is 1. The molecule has 8 heteroatoms. The van der Waals surface area contributed by atoms with Gasteiger partial charge in [0.2, 0.25) is 0 Å². The van der Waals surface area contributed by atoms with Crippen LogP contribution < -0.4 is 9.64 Å². The van der Waals surface area contributed by atoms with Crippen molar-refractivity contribution in [3.05, 3.63) is 94.5 Å². The van der Waals surface area contributed by atoms with E-state index in [1.807, 2.05) is 71.6 Å². The largest absolute Gasteiger partial charge is 0.488 e. The molecule has 0 atom stereocenters. The summed E-state index contributed by atoms with van der Waals surface area (Å²) >= 11 is 6.06. The van der Waals surface area contributed by atoms with Crippen LogP contribution in [0.2, 0.25) is 5.02 Å². The maximum Gasteiger partial charge on any atom is 0.161 e. The summed E-state index contributed by atoms with van der Waals surface area (Å²) in [5.41, 5.74) is 3.34. The summed E-state index contributed by atoms with van der Waals surface area (Å²) in [6.07, 6.45) is 2.93. The van der Waals surface area contributed by atoms with E-state index in [4.69, 9.17) is 16.3 Å². The fraction of sp³-hybridized carbons (Fsp3) is 0.167. The van der Waals surface area contributed by atoms with Gasteiger partial charge in [0, 0.05) is 17.0 Å². The van der Waals surface area contributed by atoms with Crippen molar-refractivity contribution in [2.45, 2.75) is 12.4 Å². The number of rotatable bonds is 7. The Balaban J connectivity index is 1.48. The van der Waals surface area contributed by atoms with Crippen molar-refractivity contribution in [2.24, 2.45) is 9.98 Å². The molecule has 0 N–H and O–H groups in total. The van der Waals surface area contributed by atoms with Crippen molar-refractivity contribution >= 4 is 39.3 Å². The number of amidine groups is 1. The second-order valence-electron chi connectivity index (χ2n) is 7.49. The summed E-state index contributed by atoms with van der Waals surface area (Å²) in [4.78, 5) is 11.0. The van der Waals surface area contributed by atoms with Crippen LogP contribution in [0.5, 0.6) is 5.75 Å². The van der Waals surface area contributed by atoms with Crippen molar-refractivity contribution in [3.8, 4) is 5.75 Å². The topological polar surface area (TPSA) is 71.3 Å². The third-order valence-electron chi connectivity index (χ3n) is 4.77. The van der Waals surface area contributed by atoms with Gasteiger partial charge in [-0.3, -0.25) is 0 Å². The molecule has 3 aromatic carbocycles. The fourth-order valence-corrected chi connectivity index (χ4v) is 4.34. The molecule has 0 aromatic heterocycles. The van der Waals surface area contributed by atoms with Crippen LogP contribution in [-0.2, 0) is 22.2 Å². The van der Waals surface area contributed by atoms with Gasteiger partial charge in [0.25, 0.3) is 0 Å². The van der Waals surface area contributed by atoms with E-state index in [1.54, 1.807) is 12.4 Å². The molecule has 6 nitrogen and oxygen atoms in total. The number of ether oxygens (including phenoxy) is 1. The second kappa shape index (κ2) is 9.54. The van der Waals surface area contributed by atoms with Crippen LogP contribution >= 0.6 is 11.6 Å². The van der Waals surface area contributed by atoms with E-state index < -0.39 is 9.84 Å². The van der Waals surface area contributed by atoms with E-state index in [2.05, 4.69) is 9.98 Å². The number of sulfone groups is 1. The molecular weight excluding hydrogens is 446 g/mol. The van der Waals surface area contributed by atoms with Crippen LogP contribution in [-0.4, -0.2) is 33.5 Å². The van der Waals surface area contributed by atoms with E-state index in [0.717, 1.165) is 22.4 Å². The summed E-state index contributed by atoms with van der Waals surface area (Å²) in [5, 5.41) is 0.668. The van der Waals surface area contributed by atoms with Crippen LogP contribution in [0.1, 0.15) is 16.7 Å². The molecule has 1 aliphatic rings. The molecular formula is C24H22ClN3O3S. The van der Waals surface area contributed by atoms with E-state index in [-0.39, 0.29) is 5.75 Å². The van der Waals surface area contributed by atoms with Crippen LogP contribution in [0.15, 0.2) is 82.8 Å². The third kappa shape index (κ3) is 5.75. The average molecular weight is 468 g/mol. The lowest BCUT2D eigenvalue weighted by Gasteiger charge is -2.22. The van der Waals surface area contributed by atoms with Crippen molar-refractivity contribution < 1.29 is 13.2 Å². The Hall–Kier alpha value is -3.16. The molecule has 3 aromatic rings. The summed E-state index contributed by atoms with van der Waals surface area (Å²) in [6, 6.07) is 22.6. The van der Waals surface area contributed by atoms with E-state index in [1.165, 1.54) is 6.26 Å². The van der Waals surface area contributed by atoms with Crippen molar-refractivity contribution in [1.29, 1.82) is 0 Å². The quantitative estimate of drug-likeness (QED) is 0.504. The zero-order chi connectivity index (χ0) is 22.6. The normalized spacial score (nSPS) is 13.7. The van der Waals surface area contributed by atoms with Gasteiger partial charge in [-0.1, -0.05) is 48.0 Å². The Morgan fingerprint density at radius 2 is 1.78 bits per heavy atom. The second-order valence-corrected chi connectivity index (χ2v) is 10.1. The van der Waals surface area contributed by atoms with E-state index >= 15 is 0 Å². The predicted molar refractivity (Wildman–Crippen MR) is 130 cm³/mol. The van der Waals surface area contributed by atoms with Gasteiger partial charge in [0.15, 0.2) is 15.7 Å². The Bertz CT molecular complexity index is 1290. The molecule has 0 amide bonds. The zero-order valence-corrected chi connectivity index (χ0v) is 19.1. The van der Waals surface area contributed by atoms with Gasteiger partial charge in [-0.05, 0) is 47.5 Å². The maximum absolute atomic E-state index is 11.6. The third-order valence-corrected chi connectivity index (χ3v) is 5.87. The van der Waals surface area contributed by atoms with Gasteiger partial charge in [-0.25, -0.2) is 18.4 Å². The highest BCUT2D eigenvalue weighted by Crippen LogP contribution is 2.24. The Kier molecular flexibility index (Phi) is 6.58. The summed E-state index contributed by atoms with van der Waals surface area (Å²) in [5.74, 6) is 1.26. The fourth-order valence-electron chi connectivity index (χ4n) is 3.34. The molecule has 32 heavy (non-hydrogen) atoms. The molecule has 0 saturated heterocycles. The molecule has 0 spiro atoms. The number of benzene rings is 3. The number of nitrogens with zero attached hydrogens (tertiary/aromatic N) is 3. The molecule has 0 aliphatic carbocycles. The maximum atomic E-state index is 11.6. The Morgan fingerprint density at radius 1 is 1.00 bits per heavy atom. The number of hydrogen-bond donors (Lipinski definition) is 0. The number of aliphatic imine (C=N–C) groups is 2. The van der Waals surface area contributed by atoms with Gasteiger partial charge in [-0.15, -0.1) is 0 Å². The number of anilines is 1. The number of para-hydroxylation sites is 1. The highest BCUT2D eigenvalue weighted by atomic mass is 35.5. The lowest BCUT2D eigenvalue weighted by molar-refractivity contribution is 0.305. The molecule has 0 radical (unpaired) electrons. The minimum absolute atomic E-state index is 0.00230. The Morgan fingerprint density at radius 3 is 2.53 bits per heavy atom. The predicted octanol–water partition coefficient (Wildman–Crippen LogP) is 4.72. The smallest absolute Gasteiger partial charge is 0.161 e. The van der Waals surface area contributed by atoms with Crippen LogP contribution in [0.25, 0.3) is 0 Å². The summed E-state index contributed by atoms with van der Waals surface area (Å²) < 4.78 is 29.2. The highest BCUT2D eigenvalue weighted by molar-refractivity contribution is 7.89. The van der Waals surface area contributed by atoms with Crippen molar-refractivity contribution in [1.82, 2.24) is 0 Å². The van der Waals surface area contributed by atoms with Crippen LogP contribution in [0.4, 0.5) is 5.69 Å². The van der Waals surface area contributed by atoms with Crippen molar-refractivity contribution in [2.75, 3.05) is 17.8 Å². The van der Waals surface area contributed by atoms with E-state index in [9.17, 15) is 8.42 Å². The minimum Gasteiger partial charge on any atom is -0.488 e. The molecule has 0 unspecified atom stereocenters. The first-order valence-corrected chi connectivity index (χ1v) is 12.4. The SMILES string of the molecule is CS(=O)(=O)Cc1cccc(N2C=NC(c3ccccc3OCc3cccc(Cl)c3)=NC2)c1. The summed E-state index contributed by atoms with van der Waals surface area (Å²) in [6.45, 7) is 0.748. The van der Waals surface area contributed by atoms with Gasteiger partial charge in [0.05, 0.1) is 17.7 Å². The molecule has 0 saturated carbocycles. The molecule has 1 aliphatic heterocycles. The van der Waals surface area contributed by atoms with Crippen LogP contribution in [0, 0.1) is 0 Å². The molecule has 1 heterocycles. The van der Waals surface area contributed by atoms with Crippen molar-refractivity contribution in [3.63, 3.8) is 0 Å². The number of hydrogen-bond acceptors (Lipinski definition) is 6. The monoisotopic (exact) mass is 467 g/mol. The standard InChI is InChI=1S/C24H22ClN3O3S/c1-32(29,30)15-19-7-5-9-21(13-19)28-16-26-24(27-17-28)22-10-2-3-11-23(22)31-14-18-6-4-8-20(25)12-18/h2-13,16H,14-15,17H2,1H3. The first-order chi connectivity index (χ1) is 15.4. The van der Waals surface area contributed by atoms with Gasteiger partial charge in [-0.2, -0.15) is 0 Å². The van der Waals surface area contributed by atoms with Gasteiger partial charge in [0.1, 0.15) is 19.0 Å². The highest BCUT2D eigenvalue weighted by Gasteiger charge is 2.15. The van der Waals surface area contributed by atoms with Crippen LogP contribution in [0.3, 0.4) is 0 Å². The molecule has 0 bridgehead atoms. The zero-order valence-electron chi connectivity index (χ0n) is 17.5. The molecule has 164 valence electrons.